The molecule has 0 spiro atoms. The first kappa shape index (κ1) is 13.4. The molecule has 0 N–H and O–H groups in total. The summed E-state index contributed by atoms with van der Waals surface area (Å²) in [7, 11) is 1.54. The Kier molecular flexibility index (Phi) is 4.04. The third kappa shape index (κ3) is 2.86. The van der Waals surface area contributed by atoms with Crippen LogP contribution in [0.2, 0.25) is 0 Å². The smallest absolute Gasteiger partial charge is 0.280 e. The van der Waals surface area contributed by atoms with Crippen molar-refractivity contribution in [1.82, 2.24) is 4.90 Å². The second-order valence-corrected chi connectivity index (χ2v) is 4.66. The van der Waals surface area contributed by atoms with Gasteiger partial charge in [0.25, 0.3) is 5.69 Å². The van der Waals surface area contributed by atoms with Gasteiger partial charge in [0, 0.05) is 19.2 Å². The van der Waals surface area contributed by atoms with Crippen LogP contribution < -0.4 is 4.74 Å². The average Bonchev–Trinajstić information content (AvgIpc) is 2.89. The van der Waals surface area contributed by atoms with Gasteiger partial charge in [0.1, 0.15) is 5.75 Å². The van der Waals surface area contributed by atoms with E-state index in [2.05, 4.69) is 4.90 Å². The summed E-state index contributed by atoms with van der Waals surface area (Å²) in [5.74, 6) is 0.574. The number of benzene rings is 1. The first-order valence-electron chi connectivity index (χ1n) is 6.37. The summed E-state index contributed by atoms with van der Waals surface area (Å²) in [6, 6.07) is 3.24. The maximum absolute atomic E-state index is 11.1. The third-order valence-electron chi connectivity index (χ3n) is 3.36. The van der Waals surface area contributed by atoms with Crippen LogP contribution in [0, 0.1) is 17.0 Å². The summed E-state index contributed by atoms with van der Waals surface area (Å²) >= 11 is 0. The van der Waals surface area contributed by atoms with Crippen molar-refractivity contribution in [3.63, 3.8) is 0 Å². The first-order valence-corrected chi connectivity index (χ1v) is 6.37. The lowest BCUT2D eigenvalue weighted by Gasteiger charge is -2.12. The molecule has 1 aromatic carbocycles. The Morgan fingerprint density at radius 2 is 2.05 bits per heavy atom. The summed E-state index contributed by atoms with van der Waals surface area (Å²) in [4.78, 5) is 12.9. The summed E-state index contributed by atoms with van der Waals surface area (Å²) in [5, 5.41) is 11.1. The van der Waals surface area contributed by atoms with E-state index in [-0.39, 0.29) is 10.6 Å². The van der Waals surface area contributed by atoms with Crippen LogP contribution in [0.15, 0.2) is 18.3 Å². The zero-order chi connectivity index (χ0) is 13.8. The van der Waals surface area contributed by atoms with E-state index in [1.165, 1.54) is 18.9 Å². The molecule has 19 heavy (non-hydrogen) atoms. The summed E-state index contributed by atoms with van der Waals surface area (Å²) in [6.07, 6.45) is 6.07. The van der Waals surface area contributed by atoms with Crippen molar-refractivity contribution in [1.29, 1.82) is 0 Å². The van der Waals surface area contributed by atoms with Gasteiger partial charge in [-0.05, 0) is 43.7 Å². The van der Waals surface area contributed by atoms with Crippen LogP contribution in [0.25, 0.3) is 6.08 Å². The van der Waals surface area contributed by atoms with Gasteiger partial charge in [-0.15, -0.1) is 0 Å². The van der Waals surface area contributed by atoms with Gasteiger partial charge in [-0.1, -0.05) is 0 Å². The number of rotatable bonds is 4. The van der Waals surface area contributed by atoms with Crippen LogP contribution in [0.4, 0.5) is 5.69 Å². The molecule has 1 aliphatic rings. The zero-order valence-corrected chi connectivity index (χ0v) is 11.3. The van der Waals surface area contributed by atoms with Crippen LogP contribution >= 0.6 is 0 Å². The molecule has 0 unspecified atom stereocenters. The highest BCUT2D eigenvalue weighted by Crippen LogP contribution is 2.33. The predicted molar refractivity (Wildman–Crippen MR) is 74.2 cm³/mol. The molecule has 0 aliphatic carbocycles. The molecule has 1 aliphatic heterocycles. The van der Waals surface area contributed by atoms with Crippen molar-refractivity contribution in [2.75, 3.05) is 20.2 Å². The third-order valence-corrected chi connectivity index (χ3v) is 3.36. The molecule has 0 radical (unpaired) electrons. The molecule has 0 saturated carbocycles. The van der Waals surface area contributed by atoms with E-state index < -0.39 is 0 Å². The van der Waals surface area contributed by atoms with Gasteiger partial charge in [-0.3, -0.25) is 10.1 Å². The van der Waals surface area contributed by atoms with Gasteiger partial charge in [0.05, 0.1) is 17.6 Å². The minimum atomic E-state index is -0.369. The minimum Gasteiger partial charge on any atom is -0.496 e. The summed E-state index contributed by atoms with van der Waals surface area (Å²) in [5.41, 5.74) is 1.52. The second-order valence-electron chi connectivity index (χ2n) is 4.66. The standard InChI is InChI=1S/C14H18N2O3/c1-11-5-6-13(16(17)18)12(14(11)19-2)7-10-15-8-3-4-9-15/h5-7,10H,3-4,8-9H2,1-2H3. The number of likely N-dealkylation sites (tertiary alicyclic amines) is 1. The molecule has 1 saturated heterocycles. The highest BCUT2D eigenvalue weighted by atomic mass is 16.6. The Morgan fingerprint density at radius 3 is 2.63 bits per heavy atom. The van der Waals surface area contributed by atoms with E-state index in [1.807, 2.05) is 13.1 Å². The number of nitro benzene ring substituents is 1. The number of nitrogens with zero attached hydrogens (tertiary/aromatic N) is 2. The van der Waals surface area contributed by atoms with Gasteiger partial charge < -0.3 is 9.64 Å². The van der Waals surface area contributed by atoms with Gasteiger partial charge in [0.2, 0.25) is 0 Å². The monoisotopic (exact) mass is 262 g/mol. The quantitative estimate of drug-likeness (QED) is 0.618. The maximum Gasteiger partial charge on any atom is 0.280 e. The normalized spacial score (nSPS) is 15.2. The van der Waals surface area contributed by atoms with E-state index in [0.29, 0.717) is 11.3 Å². The van der Waals surface area contributed by atoms with Gasteiger partial charge in [-0.2, -0.15) is 0 Å². The number of aryl methyl sites for hydroxylation is 1. The molecule has 0 atom stereocenters. The minimum absolute atomic E-state index is 0.0814. The Hall–Kier alpha value is -2.04. The predicted octanol–water partition coefficient (Wildman–Crippen LogP) is 2.98. The van der Waals surface area contributed by atoms with Crippen LogP contribution in [-0.4, -0.2) is 30.0 Å². The highest BCUT2D eigenvalue weighted by molar-refractivity contribution is 5.69. The van der Waals surface area contributed by atoms with Crippen molar-refractivity contribution in [3.8, 4) is 5.75 Å². The molecule has 1 heterocycles. The number of methoxy groups -OCH3 is 1. The molecule has 1 aromatic rings. The van der Waals surface area contributed by atoms with Crippen LogP contribution in [0.3, 0.4) is 0 Å². The Labute approximate surface area is 112 Å². The van der Waals surface area contributed by atoms with Gasteiger partial charge >= 0.3 is 0 Å². The second kappa shape index (κ2) is 5.73. The lowest BCUT2D eigenvalue weighted by atomic mass is 10.1. The first-order chi connectivity index (χ1) is 9.13. The van der Waals surface area contributed by atoms with Crippen molar-refractivity contribution in [2.45, 2.75) is 19.8 Å². The summed E-state index contributed by atoms with van der Waals surface area (Å²) < 4.78 is 5.31. The zero-order valence-electron chi connectivity index (χ0n) is 11.3. The Bertz CT molecular complexity index is 506. The fourth-order valence-electron chi connectivity index (χ4n) is 2.36. The van der Waals surface area contributed by atoms with Crippen molar-refractivity contribution < 1.29 is 9.66 Å². The molecule has 5 nitrogen and oxygen atoms in total. The Morgan fingerprint density at radius 1 is 1.37 bits per heavy atom. The fraction of sp³-hybridized carbons (Fsp3) is 0.429. The lowest BCUT2D eigenvalue weighted by Crippen LogP contribution is -2.10. The molecular formula is C14H18N2O3. The topological polar surface area (TPSA) is 55.6 Å². The molecular weight excluding hydrogens is 244 g/mol. The summed E-state index contributed by atoms with van der Waals surface area (Å²) in [6.45, 7) is 3.91. The van der Waals surface area contributed by atoms with Crippen molar-refractivity contribution >= 4 is 11.8 Å². The van der Waals surface area contributed by atoms with E-state index in [1.54, 1.807) is 19.3 Å². The van der Waals surface area contributed by atoms with Crippen LogP contribution in [-0.2, 0) is 0 Å². The van der Waals surface area contributed by atoms with Crippen molar-refractivity contribution in [3.05, 3.63) is 39.6 Å². The number of nitro groups is 1. The average molecular weight is 262 g/mol. The SMILES string of the molecule is COc1c(C)ccc([N+](=O)[O-])c1C=CN1CCCC1. The molecule has 1 fully saturated rings. The lowest BCUT2D eigenvalue weighted by molar-refractivity contribution is -0.385. The number of ether oxygens (including phenoxy) is 1. The van der Waals surface area contributed by atoms with E-state index in [9.17, 15) is 10.1 Å². The molecule has 0 bridgehead atoms. The molecule has 0 amide bonds. The number of hydrogen-bond donors (Lipinski definition) is 0. The highest BCUT2D eigenvalue weighted by Gasteiger charge is 2.18. The molecule has 2 rings (SSSR count). The fourth-order valence-corrected chi connectivity index (χ4v) is 2.36. The van der Waals surface area contributed by atoms with Gasteiger partial charge in [-0.25, -0.2) is 0 Å². The molecule has 0 aromatic heterocycles. The molecule has 5 heteroatoms. The van der Waals surface area contributed by atoms with Gasteiger partial charge in [0.15, 0.2) is 0 Å². The van der Waals surface area contributed by atoms with E-state index in [0.717, 1.165) is 18.7 Å². The van der Waals surface area contributed by atoms with E-state index in [4.69, 9.17) is 4.74 Å². The van der Waals surface area contributed by atoms with Crippen molar-refractivity contribution in [2.24, 2.45) is 0 Å². The largest absolute Gasteiger partial charge is 0.496 e. The molecule has 102 valence electrons. The Balaban J connectivity index is 2.39. The van der Waals surface area contributed by atoms with Crippen LogP contribution in [0.1, 0.15) is 24.0 Å². The van der Waals surface area contributed by atoms with Crippen LogP contribution in [0.5, 0.6) is 5.75 Å². The van der Waals surface area contributed by atoms with E-state index >= 15 is 0 Å². The number of hydrogen-bond acceptors (Lipinski definition) is 4. The maximum atomic E-state index is 11.1.